The van der Waals surface area contributed by atoms with E-state index < -0.39 is 6.09 Å². The summed E-state index contributed by atoms with van der Waals surface area (Å²) >= 11 is 1.11. The van der Waals surface area contributed by atoms with Crippen molar-refractivity contribution in [1.82, 2.24) is 10.9 Å². The molecule has 0 atom stereocenters. The molecular formula is C3H7N3O2S. The first-order chi connectivity index (χ1) is 4.16. The maximum Gasteiger partial charge on any atom is 0.423 e. The normalized spacial score (nSPS) is 8.11. The third kappa shape index (κ3) is 4.95. The summed E-state index contributed by atoms with van der Waals surface area (Å²) < 4.78 is 0. The molecular weight excluding hydrogens is 142 g/mol. The van der Waals surface area contributed by atoms with Gasteiger partial charge in [-0.1, -0.05) is 11.8 Å². The maximum atomic E-state index is 9.74. The van der Waals surface area contributed by atoms with Gasteiger partial charge in [-0.25, -0.2) is 10.2 Å². The van der Waals surface area contributed by atoms with Gasteiger partial charge >= 0.3 is 6.09 Å². The number of nitrogens with one attached hydrogen (secondary N) is 3. The number of rotatable bonds is 0. The van der Waals surface area contributed by atoms with Crippen LogP contribution >= 0.6 is 11.8 Å². The molecule has 5 nitrogen and oxygen atoms in total. The van der Waals surface area contributed by atoms with Crippen LogP contribution in [0, 0.1) is 5.41 Å². The van der Waals surface area contributed by atoms with Gasteiger partial charge in [0.15, 0.2) is 5.17 Å². The summed E-state index contributed by atoms with van der Waals surface area (Å²) in [6, 6.07) is 0. The van der Waals surface area contributed by atoms with Crippen LogP contribution in [-0.4, -0.2) is 22.6 Å². The van der Waals surface area contributed by atoms with Gasteiger partial charge in [0.2, 0.25) is 0 Å². The Labute approximate surface area is 56.3 Å². The highest BCUT2D eigenvalue weighted by Crippen LogP contribution is 1.87. The van der Waals surface area contributed by atoms with E-state index in [1.165, 1.54) is 0 Å². The van der Waals surface area contributed by atoms with Gasteiger partial charge in [0.25, 0.3) is 0 Å². The Morgan fingerprint density at radius 1 is 1.67 bits per heavy atom. The molecule has 0 aliphatic carbocycles. The number of carboxylic acid groups (broad SMARTS) is 1. The number of hydrogen-bond donors (Lipinski definition) is 4. The van der Waals surface area contributed by atoms with Crippen LogP contribution in [0.25, 0.3) is 0 Å². The molecule has 0 radical (unpaired) electrons. The second-order valence-electron chi connectivity index (χ2n) is 1.09. The summed E-state index contributed by atoms with van der Waals surface area (Å²) in [5.41, 5.74) is 3.95. The van der Waals surface area contributed by atoms with Crippen molar-refractivity contribution in [1.29, 1.82) is 5.41 Å². The van der Waals surface area contributed by atoms with Gasteiger partial charge in [-0.2, -0.15) is 0 Å². The van der Waals surface area contributed by atoms with Gasteiger partial charge in [-0.15, -0.1) is 0 Å². The summed E-state index contributed by atoms with van der Waals surface area (Å²) in [7, 11) is 0. The molecule has 0 spiro atoms. The molecule has 0 heterocycles. The van der Waals surface area contributed by atoms with Crippen molar-refractivity contribution >= 4 is 23.0 Å². The van der Waals surface area contributed by atoms with E-state index in [1.807, 2.05) is 5.43 Å². The van der Waals surface area contributed by atoms with Crippen LogP contribution in [0.15, 0.2) is 0 Å². The van der Waals surface area contributed by atoms with Crippen molar-refractivity contribution in [2.45, 2.75) is 0 Å². The molecule has 0 unspecified atom stereocenters. The van der Waals surface area contributed by atoms with Crippen molar-refractivity contribution in [2.24, 2.45) is 0 Å². The van der Waals surface area contributed by atoms with Crippen LogP contribution in [-0.2, 0) is 0 Å². The van der Waals surface area contributed by atoms with Crippen molar-refractivity contribution < 1.29 is 9.90 Å². The zero-order valence-electron chi connectivity index (χ0n) is 4.76. The summed E-state index contributed by atoms with van der Waals surface area (Å²) in [4.78, 5) is 9.74. The lowest BCUT2D eigenvalue weighted by Crippen LogP contribution is -2.38. The highest BCUT2D eigenvalue weighted by molar-refractivity contribution is 8.13. The average Bonchev–Trinajstić information content (AvgIpc) is 1.83. The molecule has 0 aliphatic heterocycles. The minimum atomic E-state index is -1.20. The monoisotopic (exact) mass is 149 g/mol. The quantitative estimate of drug-likeness (QED) is 0.223. The molecule has 0 aromatic carbocycles. The number of thioether (sulfide) groups is 1. The number of hydrazine groups is 1. The van der Waals surface area contributed by atoms with Crippen molar-refractivity contribution in [3.05, 3.63) is 0 Å². The van der Waals surface area contributed by atoms with E-state index in [9.17, 15) is 4.79 Å². The second kappa shape index (κ2) is 4.02. The SMILES string of the molecule is CSC(=N)NNC(=O)O. The lowest BCUT2D eigenvalue weighted by Gasteiger charge is -2.01. The molecule has 9 heavy (non-hydrogen) atoms. The van der Waals surface area contributed by atoms with Crippen LogP contribution in [0.5, 0.6) is 0 Å². The highest BCUT2D eigenvalue weighted by Gasteiger charge is 1.93. The minimum Gasteiger partial charge on any atom is -0.464 e. The second-order valence-corrected chi connectivity index (χ2v) is 1.90. The fourth-order valence-corrected chi connectivity index (χ4v) is 0.314. The molecule has 0 fully saturated rings. The van der Waals surface area contributed by atoms with E-state index in [1.54, 1.807) is 6.26 Å². The Balaban J connectivity index is 3.28. The molecule has 0 aliphatic rings. The van der Waals surface area contributed by atoms with Gasteiger partial charge in [-0.05, 0) is 6.26 Å². The average molecular weight is 149 g/mol. The van der Waals surface area contributed by atoms with Crippen LogP contribution in [0.1, 0.15) is 0 Å². The third-order valence-corrected chi connectivity index (χ3v) is 0.997. The first-order valence-corrected chi connectivity index (χ1v) is 3.26. The molecule has 0 saturated carbocycles. The van der Waals surface area contributed by atoms with Crippen molar-refractivity contribution in [3.63, 3.8) is 0 Å². The summed E-state index contributed by atoms with van der Waals surface area (Å²) in [5.74, 6) is 0. The molecule has 0 saturated heterocycles. The van der Waals surface area contributed by atoms with Gasteiger partial charge in [0.1, 0.15) is 0 Å². The molecule has 52 valence electrons. The lowest BCUT2D eigenvalue weighted by molar-refractivity contribution is 0.192. The Hall–Kier alpha value is -0.910. The highest BCUT2D eigenvalue weighted by atomic mass is 32.2. The predicted molar refractivity (Wildman–Crippen MR) is 35.5 cm³/mol. The Morgan fingerprint density at radius 2 is 2.22 bits per heavy atom. The molecule has 0 bridgehead atoms. The first kappa shape index (κ1) is 8.09. The Morgan fingerprint density at radius 3 is 2.56 bits per heavy atom. The maximum absolute atomic E-state index is 9.74. The summed E-state index contributed by atoms with van der Waals surface area (Å²) in [6.45, 7) is 0. The predicted octanol–water partition coefficient (Wildman–Crippen LogP) is 0.0564. The van der Waals surface area contributed by atoms with Crippen LogP contribution in [0.4, 0.5) is 4.79 Å². The number of hydrogen-bond acceptors (Lipinski definition) is 3. The summed E-state index contributed by atoms with van der Waals surface area (Å²) in [5, 5.41) is 14.9. The molecule has 0 rings (SSSR count). The molecule has 6 heteroatoms. The zero-order chi connectivity index (χ0) is 7.28. The standard InChI is InChI=1S/C3H7N3O2S/c1-9-2(4)5-6-3(7)8/h6H,1H3,(H2,4,5)(H,7,8). The summed E-state index contributed by atoms with van der Waals surface area (Å²) in [6.07, 6.45) is 0.465. The molecule has 1 amide bonds. The fourth-order valence-electron chi connectivity index (χ4n) is 0.161. The van der Waals surface area contributed by atoms with Crippen LogP contribution in [0.2, 0.25) is 0 Å². The zero-order valence-corrected chi connectivity index (χ0v) is 5.58. The van der Waals surface area contributed by atoms with E-state index in [2.05, 4.69) is 5.43 Å². The van der Waals surface area contributed by atoms with E-state index in [0.29, 0.717) is 0 Å². The van der Waals surface area contributed by atoms with Gasteiger partial charge in [-0.3, -0.25) is 10.8 Å². The third-order valence-electron chi connectivity index (χ3n) is 0.487. The fraction of sp³-hybridized carbons (Fsp3) is 0.333. The first-order valence-electron chi connectivity index (χ1n) is 2.04. The lowest BCUT2D eigenvalue weighted by atomic mass is 11.2. The number of amides is 1. The molecule has 4 N–H and O–H groups in total. The largest absolute Gasteiger partial charge is 0.464 e. The van der Waals surface area contributed by atoms with E-state index in [-0.39, 0.29) is 5.17 Å². The molecule has 0 aromatic rings. The van der Waals surface area contributed by atoms with Crippen molar-refractivity contribution in [2.75, 3.05) is 6.26 Å². The van der Waals surface area contributed by atoms with Crippen molar-refractivity contribution in [3.8, 4) is 0 Å². The number of carbonyl (C=O) groups is 1. The van der Waals surface area contributed by atoms with Gasteiger partial charge in [0.05, 0.1) is 0 Å². The smallest absolute Gasteiger partial charge is 0.423 e. The van der Waals surface area contributed by atoms with E-state index >= 15 is 0 Å². The van der Waals surface area contributed by atoms with Gasteiger partial charge in [0, 0.05) is 0 Å². The Kier molecular flexibility index (Phi) is 3.61. The van der Waals surface area contributed by atoms with E-state index in [4.69, 9.17) is 10.5 Å². The molecule has 0 aromatic heterocycles. The van der Waals surface area contributed by atoms with E-state index in [0.717, 1.165) is 11.8 Å². The minimum absolute atomic E-state index is 0.0670. The van der Waals surface area contributed by atoms with Gasteiger partial charge < -0.3 is 5.11 Å². The Bertz CT molecular complexity index is 126. The van der Waals surface area contributed by atoms with Crippen LogP contribution in [0.3, 0.4) is 0 Å². The number of amidine groups is 1. The topological polar surface area (TPSA) is 85.2 Å². The van der Waals surface area contributed by atoms with Crippen LogP contribution < -0.4 is 10.9 Å².